The van der Waals surface area contributed by atoms with Crippen LogP contribution in [-0.4, -0.2) is 24.2 Å². The fourth-order valence-corrected chi connectivity index (χ4v) is 11.3. The Bertz CT molecular complexity index is 4030. The van der Waals surface area contributed by atoms with E-state index >= 15 is 0 Å². The van der Waals surface area contributed by atoms with E-state index in [4.69, 9.17) is 9.97 Å². The third kappa shape index (κ3) is 11.3. The number of phenolic OH excluding ortho intramolecular Hbond substituents is 1. The van der Waals surface area contributed by atoms with E-state index in [0.717, 1.165) is 61.4 Å². The Kier molecular flexibility index (Phi) is 15.1. The second-order valence-electron chi connectivity index (χ2n) is 30.3. The third-order valence-electron chi connectivity index (χ3n) is 16.6. The van der Waals surface area contributed by atoms with E-state index in [2.05, 4.69) is 294 Å². The van der Waals surface area contributed by atoms with Crippen LogP contribution < -0.4 is 0 Å². The van der Waals surface area contributed by atoms with Crippen molar-refractivity contribution in [2.45, 2.75) is 183 Å². The summed E-state index contributed by atoms with van der Waals surface area (Å²) in [4.78, 5) is 10.9. The SMILES string of the molecule is CC(C)(C)c1cc(-c2cc(-c3cccc4c5ccccc5n(-c5cc(C(C)(C)C)cc(C(C)(C)C)c5)c34)ccn2)[c-]c(-c2cccc3c2nc(-c2cc(C(C)(C)C)cc(C(C)(C)C)c2O)n3-c2cc(C(C)(C)C)cc(C(C)(C)C)c2)c1.[Pt]. The van der Waals surface area contributed by atoms with Gasteiger partial charge in [0, 0.05) is 66.2 Å². The first-order chi connectivity index (χ1) is 37.5. The predicted molar refractivity (Wildman–Crippen MR) is 346 cm³/mol. The van der Waals surface area contributed by atoms with Crippen molar-refractivity contribution in [1.82, 2.24) is 19.1 Å². The number of aromatic hydroxyl groups is 1. The fraction of sp³-hybridized carbons (Fsp3) is 0.368. The molecule has 0 radical (unpaired) electrons. The van der Waals surface area contributed by atoms with Crippen LogP contribution in [0.2, 0.25) is 0 Å². The number of para-hydroxylation sites is 3. The molecule has 82 heavy (non-hydrogen) atoms. The molecule has 0 aliphatic rings. The van der Waals surface area contributed by atoms with Gasteiger partial charge in [-0.15, -0.1) is 29.3 Å². The first-order valence-electron chi connectivity index (χ1n) is 29.3. The van der Waals surface area contributed by atoms with E-state index in [1.165, 1.54) is 55.3 Å². The van der Waals surface area contributed by atoms with E-state index in [1.807, 2.05) is 6.20 Å². The Balaban J connectivity index is 0.00000810. The topological polar surface area (TPSA) is 55.9 Å². The van der Waals surface area contributed by atoms with E-state index in [-0.39, 0.29) is 64.7 Å². The summed E-state index contributed by atoms with van der Waals surface area (Å²) in [5, 5.41) is 15.1. The molecule has 0 saturated carbocycles. The summed E-state index contributed by atoms with van der Waals surface area (Å²) in [6.07, 6.45) is 1.96. The van der Waals surface area contributed by atoms with Gasteiger partial charge in [0.1, 0.15) is 11.6 Å². The molecule has 10 rings (SSSR count). The number of imidazole rings is 1. The molecule has 0 atom stereocenters. The zero-order valence-corrected chi connectivity index (χ0v) is 55.1. The molecule has 428 valence electrons. The average molecular weight is 1270 g/mol. The molecule has 0 aliphatic heterocycles. The van der Waals surface area contributed by atoms with Crippen LogP contribution in [0.1, 0.15) is 184 Å². The van der Waals surface area contributed by atoms with Gasteiger partial charge in [0.05, 0.1) is 27.6 Å². The minimum absolute atomic E-state index is 0. The molecule has 0 fully saturated rings. The summed E-state index contributed by atoms with van der Waals surface area (Å²) in [7, 11) is 0. The molecule has 10 aromatic rings. The monoisotopic (exact) mass is 1270 g/mol. The Hall–Kier alpha value is -6.55. The summed E-state index contributed by atoms with van der Waals surface area (Å²) in [5.41, 5.74) is 20.1. The molecule has 0 spiro atoms. The predicted octanol–water partition coefficient (Wildman–Crippen LogP) is 20.8. The van der Waals surface area contributed by atoms with E-state index in [9.17, 15) is 5.11 Å². The third-order valence-corrected chi connectivity index (χ3v) is 16.6. The van der Waals surface area contributed by atoms with Crippen LogP contribution in [0.25, 0.3) is 89.1 Å². The van der Waals surface area contributed by atoms with Crippen LogP contribution in [0, 0.1) is 6.07 Å². The maximum Gasteiger partial charge on any atom is 0.148 e. The number of benzene rings is 7. The molecule has 0 unspecified atom stereocenters. The Morgan fingerprint density at radius 1 is 0.402 bits per heavy atom. The number of phenols is 1. The van der Waals surface area contributed by atoms with Gasteiger partial charge >= 0.3 is 0 Å². The molecule has 0 saturated heterocycles. The normalized spacial score (nSPS) is 13.1. The standard InChI is InChI=1S/C76H87N4O.Pt/c1-70(2,3)49-35-47(34-48(36-49)63-37-46(32-33-77-63)58-28-24-29-60-59-26-22-23-30-64(59)79(67(58)60)55-40-50(71(4,5)6)38-51(41-55)72(7,8)9)57-27-25-31-65-66(57)78-69(61-44-54(75(16,17)18)45-62(68(61)81)76(19,20)21)80(65)56-42-52(73(10,11)12)39-53(43-56)74(13,14)15;/h22-33,35-45,81H,1-21H3;/q-1;. The van der Waals surface area contributed by atoms with Crippen molar-refractivity contribution < 1.29 is 26.2 Å². The zero-order chi connectivity index (χ0) is 58.9. The average Bonchev–Trinajstić information content (AvgIpc) is 4.14. The van der Waals surface area contributed by atoms with Crippen LogP contribution in [0.15, 0.2) is 140 Å². The molecule has 7 aromatic carbocycles. The Labute approximate surface area is 504 Å². The minimum Gasteiger partial charge on any atom is -0.507 e. The zero-order valence-electron chi connectivity index (χ0n) is 52.8. The van der Waals surface area contributed by atoms with Crippen molar-refractivity contribution >= 4 is 32.8 Å². The first kappa shape index (κ1) is 60.1. The number of hydrogen-bond acceptors (Lipinski definition) is 3. The van der Waals surface area contributed by atoms with Gasteiger partial charge in [-0.3, -0.25) is 9.55 Å². The molecule has 0 aliphatic carbocycles. The molecular weight excluding hydrogens is 1180 g/mol. The van der Waals surface area contributed by atoms with Crippen molar-refractivity contribution in [3.05, 3.63) is 185 Å². The van der Waals surface area contributed by atoms with Crippen molar-refractivity contribution in [3.63, 3.8) is 0 Å². The van der Waals surface area contributed by atoms with Gasteiger partial charge < -0.3 is 9.67 Å². The summed E-state index contributed by atoms with van der Waals surface area (Å²) in [6.45, 7) is 47.7. The van der Waals surface area contributed by atoms with Crippen molar-refractivity contribution in [1.29, 1.82) is 0 Å². The van der Waals surface area contributed by atoms with Crippen molar-refractivity contribution in [3.8, 4) is 62.0 Å². The van der Waals surface area contributed by atoms with Gasteiger partial charge in [0.2, 0.25) is 0 Å². The van der Waals surface area contributed by atoms with E-state index in [0.29, 0.717) is 11.4 Å². The Morgan fingerprint density at radius 2 is 0.866 bits per heavy atom. The molecule has 5 nitrogen and oxygen atoms in total. The minimum atomic E-state index is -0.336. The summed E-state index contributed by atoms with van der Waals surface area (Å²) in [5.74, 6) is 0.959. The summed E-state index contributed by atoms with van der Waals surface area (Å²) >= 11 is 0. The molecule has 3 aromatic heterocycles. The molecule has 0 bridgehead atoms. The fourth-order valence-electron chi connectivity index (χ4n) is 11.3. The second-order valence-corrected chi connectivity index (χ2v) is 30.3. The molecule has 6 heteroatoms. The van der Waals surface area contributed by atoms with Gasteiger partial charge in [-0.05, 0) is 120 Å². The maximum absolute atomic E-state index is 12.7. The van der Waals surface area contributed by atoms with Crippen LogP contribution in [-0.2, 0) is 59.0 Å². The van der Waals surface area contributed by atoms with Gasteiger partial charge in [-0.25, -0.2) is 4.98 Å². The quantitative estimate of drug-likeness (QED) is 0.169. The number of fused-ring (bicyclic) bond motifs is 4. The first-order valence-corrected chi connectivity index (χ1v) is 29.3. The number of hydrogen-bond donors (Lipinski definition) is 1. The second kappa shape index (κ2) is 20.7. The summed E-state index contributed by atoms with van der Waals surface area (Å²) < 4.78 is 4.80. The number of pyridine rings is 1. The Morgan fingerprint density at radius 3 is 1.41 bits per heavy atom. The van der Waals surface area contributed by atoms with Crippen LogP contribution in [0.5, 0.6) is 5.75 Å². The van der Waals surface area contributed by atoms with Gasteiger partial charge in [-0.2, -0.15) is 0 Å². The van der Waals surface area contributed by atoms with Crippen LogP contribution in [0.3, 0.4) is 0 Å². The van der Waals surface area contributed by atoms with Crippen molar-refractivity contribution in [2.24, 2.45) is 0 Å². The van der Waals surface area contributed by atoms with E-state index < -0.39 is 0 Å². The van der Waals surface area contributed by atoms with Crippen LogP contribution in [0.4, 0.5) is 0 Å². The van der Waals surface area contributed by atoms with Gasteiger partial charge in [0.25, 0.3) is 0 Å². The van der Waals surface area contributed by atoms with Crippen molar-refractivity contribution in [2.75, 3.05) is 0 Å². The number of rotatable bonds is 6. The number of nitrogens with zero attached hydrogens (tertiary/aromatic N) is 4. The molecular formula is C76H87N4OPt-. The van der Waals surface area contributed by atoms with Gasteiger partial charge in [-0.1, -0.05) is 229 Å². The number of aromatic nitrogens is 4. The summed E-state index contributed by atoms with van der Waals surface area (Å²) in [6, 6.07) is 53.7. The largest absolute Gasteiger partial charge is 0.507 e. The maximum atomic E-state index is 12.7. The van der Waals surface area contributed by atoms with Gasteiger partial charge in [0.15, 0.2) is 0 Å². The molecule has 0 amide bonds. The molecule has 1 N–H and O–H groups in total. The smallest absolute Gasteiger partial charge is 0.148 e. The van der Waals surface area contributed by atoms with E-state index in [1.54, 1.807) is 0 Å². The van der Waals surface area contributed by atoms with Crippen LogP contribution >= 0.6 is 0 Å². The molecule has 3 heterocycles.